The molecule has 1 aliphatic rings. The maximum absolute atomic E-state index is 13.8. The molecule has 29 heavy (non-hydrogen) atoms. The number of hydrogen-bond donors (Lipinski definition) is 1. The molecule has 0 spiro atoms. The molecule has 1 aliphatic heterocycles. The molecule has 0 aromatic heterocycles. The highest BCUT2D eigenvalue weighted by atomic mass is 79.9. The summed E-state index contributed by atoms with van der Waals surface area (Å²) in [6.45, 7) is 4.26. The number of carbonyl (C=O) groups excluding carboxylic acids is 1. The molecular weight excluding hydrogens is 463 g/mol. The van der Waals surface area contributed by atoms with E-state index in [1.807, 2.05) is 13.8 Å². The topological polar surface area (TPSA) is 75.7 Å². The second-order valence-corrected chi connectivity index (χ2v) is 9.88. The molecular formula is C20H22BrFN2O4S. The summed E-state index contributed by atoms with van der Waals surface area (Å²) in [6, 6.07) is 10.2. The molecule has 2 unspecified atom stereocenters. The van der Waals surface area contributed by atoms with Gasteiger partial charge in [-0.15, -0.1) is 0 Å². The quantitative estimate of drug-likeness (QED) is 0.706. The highest BCUT2D eigenvalue weighted by molar-refractivity contribution is 9.10. The molecule has 1 heterocycles. The molecule has 3 rings (SSSR count). The summed E-state index contributed by atoms with van der Waals surface area (Å²) in [4.78, 5) is 12.5. The third-order valence-corrected chi connectivity index (χ3v) is 6.93. The van der Waals surface area contributed by atoms with E-state index in [0.717, 1.165) is 0 Å². The molecule has 0 radical (unpaired) electrons. The van der Waals surface area contributed by atoms with Crippen molar-refractivity contribution in [2.24, 2.45) is 0 Å². The van der Waals surface area contributed by atoms with Gasteiger partial charge in [-0.3, -0.25) is 4.79 Å². The molecule has 0 saturated carbocycles. The van der Waals surface area contributed by atoms with E-state index >= 15 is 0 Å². The van der Waals surface area contributed by atoms with Gasteiger partial charge in [0.25, 0.3) is 5.91 Å². The van der Waals surface area contributed by atoms with Crippen molar-refractivity contribution in [2.45, 2.75) is 37.5 Å². The summed E-state index contributed by atoms with van der Waals surface area (Å²) < 4.78 is 47.2. The van der Waals surface area contributed by atoms with Gasteiger partial charge in [0.2, 0.25) is 10.0 Å². The van der Waals surface area contributed by atoms with E-state index in [0.29, 0.717) is 15.6 Å². The van der Waals surface area contributed by atoms with Gasteiger partial charge in [0.05, 0.1) is 17.1 Å². The van der Waals surface area contributed by atoms with E-state index < -0.39 is 21.7 Å². The van der Waals surface area contributed by atoms with Gasteiger partial charge < -0.3 is 10.1 Å². The van der Waals surface area contributed by atoms with Crippen molar-refractivity contribution in [3.05, 3.63) is 63.9 Å². The number of nitrogens with zero attached hydrogens (tertiary/aromatic N) is 1. The van der Waals surface area contributed by atoms with Crippen molar-refractivity contribution in [2.75, 3.05) is 13.1 Å². The van der Waals surface area contributed by atoms with E-state index in [2.05, 4.69) is 21.2 Å². The minimum Gasteiger partial charge on any atom is -0.373 e. The molecule has 1 N–H and O–H groups in total. The fraction of sp³-hybridized carbons (Fsp3) is 0.350. The van der Waals surface area contributed by atoms with E-state index in [-0.39, 0.29) is 36.7 Å². The van der Waals surface area contributed by atoms with Gasteiger partial charge >= 0.3 is 0 Å². The Bertz CT molecular complexity index is 988. The number of rotatable bonds is 5. The molecule has 9 heteroatoms. The Balaban J connectivity index is 1.69. The zero-order valence-corrected chi connectivity index (χ0v) is 18.5. The molecule has 156 valence electrons. The molecule has 1 fully saturated rings. The molecule has 1 amide bonds. The van der Waals surface area contributed by atoms with Crippen LogP contribution in [0.25, 0.3) is 0 Å². The lowest BCUT2D eigenvalue weighted by Crippen LogP contribution is -2.48. The maximum Gasteiger partial charge on any atom is 0.251 e. The third-order valence-electron chi connectivity index (χ3n) is 4.59. The highest BCUT2D eigenvalue weighted by Crippen LogP contribution is 2.21. The van der Waals surface area contributed by atoms with Crippen LogP contribution in [-0.2, 0) is 21.3 Å². The number of amides is 1. The molecule has 2 aromatic carbocycles. The van der Waals surface area contributed by atoms with Crippen LogP contribution in [0.5, 0.6) is 0 Å². The van der Waals surface area contributed by atoms with Gasteiger partial charge in [-0.05, 0) is 56.3 Å². The average molecular weight is 485 g/mol. The van der Waals surface area contributed by atoms with Gasteiger partial charge in [-0.25, -0.2) is 12.8 Å². The minimum atomic E-state index is -3.67. The van der Waals surface area contributed by atoms with Crippen LogP contribution in [0.15, 0.2) is 51.8 Å². The first-order chi connectivity index (χ1) is 13.7. The molecule has 6 nitrogen and oxygen atoms in total. The number of carbonyl (C=O) groups is 1. The van der Waals surface area contributed by atoms with Crippen LogP contribution in [0.1, 0.15) is 29.8 Å². The number of sulfonamides is 1. The Morgan fingerprint density at radius 3 is 2.41 bits per heavy atom. The zero-order chi connectivity index (χ0) is 21.2. The minimum absolute atomic E-state index is 0.0215. The Morgan fingerprint density at radius 2 is 1.79 bits per heavy atom. The predicted molar refractivity (Wildman–Crippen MR) is 110 cm³/mol. The lowest BCUT2D eigenvalue weighted by Gasteiger charge is -2.34. The SMILES string of the molecule is CC1CN(S(=O)(=O)c2ccc(C(=O)NCc3cc(Br)ccc3F)cc2)CC(C)O1. The second kappa shape index (κ2) is 8.91. The monoisotopic (exact) mass is 484 g/mol. The maximum atomic E-state index is 13.8. The Morgan fingerprint density at radius 1 is 1.17 bits per heavy atom. The van der Waals surface area contributed by atoms with Gasteiger partial charge in [0.15, 0.2) is 0 Å². The summed E-state index contributed by atoms with van der Waals surface area (Å²) in [5.41, 5.74) is 0.644. The summed E-state index contributed by atoms with van der Waals surface area (Å²) >= 11 is 3.27. The lowest BCUT2D eigenvalue weighted by molar-refractivity contribution is -0.0440. The molecule has 1 saturated heterocycles. The smallest absolute Gasteiger partial charge is 0.251 e. The normalized spacial score (nSPS) is 20.4. The Hall–Kier alpha value is -1.81. The molecule has 0 bridgehead atoms. The second-order valence-electron chi connectivity index (χ2n) is 7.02. The average Bonchev–Trinajstić information content (AvgIpc) is 2.67. The summed E-state index contributed by atoms with van der Waals surface area (Å²) in [6.07, 6.45) is -0.367. The van der Waals surface area contributed by atoms with Gasteiger partial charge in [-0.1, -0.05) is 15.9 Å². The van der Waals surface area contributed by atoms with E-state index in [4.69, 9.17) is 4.74 Å². The van der Waals surface area contributed by atoms with Crippen LogP contribution in [0.2, 0.25) is 0 Å². The number of hydrogen-bond acceptors (Lipinski definition) is 4. The first kappa shape index (κ1) is 21.9. The van der Waals surface area contributed by atoms with Crippen LogP contribution in [0.3, 0.4) is 0 Å². The van der Waals surface area contributed by atoms with Gasteiger partial charge in [0.1, 0.15) is 5.82 Å². The van der Waals surface area contributed by atoms with Crippen molar-refractivity contribution in [1.29, 1.82) is 0 Å². The summed E-state index contributed by atoms with van der Waals surface area (Å²) in [5.74, 6) is -0.828. The van der Waals surface area contributed by atoms with Crippen LogP contribution in [0.4, 0.5) is 4.39 Å². The highest BCUT2D eigenvalue weighted by Gasteiger charge is 2.32. The van der Waals surface area contributed by atoms with Crippen LogP contribution < -0.4 is 5.32 Å². The first-order valence-corrected chi connectivity index (χ1v) is 11.4. The molecule has 0 aliphatic carbocycles. The van der Waals surface area contributed by atoms with Crippen LogP contribution in [0, 0.1) is 5.82 Å². The Kier molecular flexibility index (Phi) is 6.72. The van der Waals surface area contributed by atoms with Crippen LogP contribution in [-0.4, -0.2) is 43.9 Å². The van der Waals surface area contributed by atoms with E-state index in [1.54, 1.807) is 12.1 Å². The van der Waals surface area contributed by atoms with Gasteiger partial charge in [-0.2, -0.15) is 4.31 Å². The zero-order valence-electron chi connectivity index (χ0n) is 16.1. The largest absolute Gasteiger partial charge is 0.373 e. The van der Waals surface area contributed by atoms with Crippen molar-refractivity contribution in [1.82, 2.24) is 9.62 Å². The van der Waals surface area contributed by atoms with Crippen LogP contribution >= 0.6 is 15.9 Å². The number of morpholine rings is 1. The molecule has 2 atom stereocenters. The number of ether oxygens (including phenoxy) is 1. The fourth-order valence-corrected chi connectivity index (χ4v) is 5.21. The Labute approximate surface area is 178 Å². The number of benzene rings is 2. The number of halogens is 2. The van der Waals surface area contributed by atoms with Gasteiger partial charge in [0, 0.05) is 35.2 Å². The summed E-state index contributed by atoms with van der Waals surface area (Å²) in [5, 5.41) is 2.64. The standard InChI is InChI=1S/C20H22BrFN2O4S/c1-13-11-24(12-14(2)28-13)29(26,27)18-6-3-15(4-7-18)20(25)23-10-16-9-17(21)5-8-19(16)22/h3-9,13-14H,10-12H2,1-2H3,(H,23,25). The van der Waals surface area contributed by atoms with Crippen molar-refractivity contribution >= 4 is 31.9 Å². The van der Waals surface area contributed by atoms with Crippen molar-refractivity contribution in [3.8, 4) is 0 Å². The molecule has 2 aromatic rings. The van der Waals surface area contributed by atoms with Crippen molar-refractivity contribution < 1.29 is 22.3 Å². The number of nitrogens with one attached hydrogen (secondary N) is 1. The van der Waals surface area contributed by atoms with E-state index in [1.165, 1.54) is 34.6 Å². The van der Waals surface area contributed by atoms with E-state index in [9.17, 15) is 17.6 Å². The fourth-order valence-electron chi connectivity index (χ4n) is 3.21. The summed E-state index contributed by atoms with van der Waals surface area (Å²) in [7, 11) is -3.67. The lowest BCUT2D eigenvalue weighted by atomic mass is 10.2. The first-order valence-electron chi connectivity index (χ1n) is 9.14. The third kappa shape index (κ3) is 5.22. The predicted octanol–water partition coefficient (Wildman–Crippen LogP) is 3.32. The van der Waals surface area contributed by atoms with Crippen molar-refractivity contribution in [3.63, 3.8) is 0 Å².